The van der Waals surface area contributed by atoms with Crippen LogP contribution in [0.15, 0.2) is 54.6 Å². The van der Waals surface area contributed by atoms with E-state index in [9.17, 15) is 14.4 Å². The maximum Gasteiger partial charge on any atom is 0.336 e. The van der Waals surface area contributed by atoms with Gasteiger partial charge in [0.25, 0.3) is 0 Å². The summed E-state index contributed by atoms with van der Waals surface area (Å²) in [5, 5.41) is 17.8. The molecule has 2 N–H and O–H groups in total. The number of hydrogen-bond donors (Lipinski definition) is 2. The highest BCUT2D eigenvalue weighted by molar-refractivity contribution is 6.12. The summed E-state index contributed by atoms with van der Waals surface area (Å²) in [4.78, 5) is 33.9. The maximum atomic E-state index is 12.1. The standard InChI is InChI=1S/C17H12O5/c18-15(13-3-1-2-4-14(13)17(21)22)10-7-11-5-8-12(9-6-11)16(19)20/h1-10H,(H,19,20)(H,21,22). The molecule has 0 saturated carbocycles. The minimum atomic E-state index is -1.16. The van der Waals surface area contributed by atoms with Crippen molar-refractivity contribution in [3.05, 3.63) is 76.9 Å². The van der Waals surface area contributed by atoms with Gasteiger partial charge in [0, 0.05) is 5.56 Å². The molecule has 5 nitrogen and oxygen atoms in total. The molecule has 5 heteroatoms. The predicted molar refractivity (Wildman–Crippen MR) is 80.2 cm³/mol. The van der Waals surface area contributed by atoms with Crippen molar-refractivity contribution in [2.75, 3.05) is 0 Å². The number of carbonyl (C=O) groups is 3. The van der Waals surface area contributed by atoms with Gasteiger partial charge in [-0.1, -0.05) is 36.4 Å². The molecule has 2 rings (SSSR count). The van der Waals surface area contributed by atoms with Crippen LogP contribution in [0.3, 0.4) is 0 Å². The molecule has 0 heterocycles. The maximum absolute atomic E-state index is 12.1. The Hall–Kier alpha value is -3.21. The van der Waals surface area contributed by atoms with E-state index in [4.69, 9.17) is 10.2 Å². The SMILES string of the molecule is O=C(O)c1ccc(C=CC(=O)c2ccccc2C(=O)O)cc1. The third-order valence-electron chi connectivity index (χ3n) is 3.01. The Morgan fingerprint density at radius 2 is 1.36 bits per heavy atom. The van der Waals surface area contributed by atoms with Crippen molar-refractivity contribution in [3.8, 4) is 0 Å². The van der Waals surface area contributed by atoms with Crippen molar-refractivity contribution >= 4 is 23.8 Å². The second-order valence-electron chi connectivity index (χ2n) is 4.48. The number of hydrogen-bond acceptors (Lipinski definition) is 3. The van der Waals surface area contributed by atoms with Crippen molar-refractivity contribution in [2.45, 2.75) is 0 Å². The van der Waals surface area contributed by atoms with Gasteiger partial charge in [-0.3, -0.25) is 4.79 Å². The minimum Gasteiger partial charge on any atom is -0.478 e. The number of rotatable bonds is 5. The zero-order valence-electron chi connectivity index (χ0n) is 11.4. The fourth-order valence-electron chi connectivity index (χ4n) is 1.88. The fourth-order valence-corrected chi connectivity index (χ4v) is 1.88. The summed E-state index contributed by atoms with van der Waals surface area (Å²) in [6, 6.07) is 11.9. The van der Waals surface area contributed by atoms with Gasteiger partial charge in [0.1, 0.15) is 0 Å². The smallest absolute Gasteiger partial charge is 0.336 e. The summed E-state index contributed by atoms with van der Waals surface area (Å²) < 4.78 is 0. The third-order valence-corrected chi connectivity index (χ3v) is 3.01. The van der Waals surface area contributed by atoms with E-state index in [1.807, 2.05) is 0 Å². The molecule has 110 valence electrons. The van der Waals surface area contributed by atoms with Crippen LogP contribution in [0, 0.1) is 0 Å². The average molecular weight is 296 g/mol. The van der Waals surface area contributed by atoms with Crippen LogP contribution < -0.4 is 0 Å². The second-order valence-corrected chi connectivity index (χ2v) is 4.48. The van der Waals surface area contributed by atoms with Crippen LogP contribution in [0.4, 0.5) is 0 Å². The van der Waals surface area contributed by atoms with Gasteiger partial charge in [-0.2, -0.15) is 0 Å². The third kappa shape index (κ3) is 3.46. The number of allylic oxidation sites excluding steroid dienone is 1. The average Bonchev–Trinajstić information content (AvgIpc) is 2.53. The molecule has 0 fully saturated rings. The Kier molecular flexibility index (Phi) is 4.48. The molecule has 0 bridgehead atoms. The molecule has 0 amide bonds. The van der Waals surface area contributed by atoms with Crippen molar-refractivity contribution in [2.24, 2.45) is 0 Å². The molecule has 22 heavy (non-hydrogen) atoms. The molecular weight excluding hydrogens is 284 g/mol. The van der Waals surface area contributed by atoms with Gasteiger partial charge in [0.2, 0.25) is 0 Å². The molecule has 2 aromatic rings. The Bertz CT molecular complexity index is 757. The zero-order valence-corrected chi connectivity index (χ0v) is 11.4. The number of carboxylic acids is 2. The van der Waals surface area contributed by atoms with E-state index < -0.39 is 17.7 Å². The van der Waals surface area contributed by atoms with Gasteiger partial charge in [-0.25, -0.2) is 9.59 Å². The van der Waals surface area contributed by atoms with Crippen LogP contribution in [-0.4, -0.2) is 27.9 Å². The van der Waals surface area contributed by atoms with E-state index in [1.165, 1.54) is 36.4 Å². The molecular formula is C17H12O5. The highest BCUT2D eigenvalue weighted by Gasteiger charge is 2.13. The number of benzene rings is 2. The summed E-state index contributed by atoms with van der Waals surface area (Å²) >= 11 is 0. The number of carboxylic acid groups (broad SMARTS) is 2. The highest BCUT2D eigenvalue weighted by Crippen LogP contribution is 2.12. The van der Waals surface area contributed by atoms with Crippen LogP contribution in [0.25, 0.3) is 6.08 Å². The Morgan fingerprint density at radius 1 is 0.773 bits per heavy atom. The molecule has 0 radical (unpaired) electrons. The minimum absolute atomic E-state index is 0.0571. The van der Waals surface area contributed by atoms with Crippen molar-refractivity contribution in [1.82, 2.24) is 0 Å². The van der Waals surface area contributed by atoms with Gasteiger partial charge in [-0.05, 0) is 29.8 Å². The van der Waals surface area contributed by atoms with Crippen molar-refractivity contribution in [1.29, 1.82) is 0 Å². The van der Waals surface area contributed by atoms with Crippen molar-refractivity contribution < 1.29 is 24.6 Å². The molecule has 0 aromatic heterocycles. The lowest BCUT2D eigenvalue weighted by molar-refractivity contribution is 0.0684. The summed E-state index contributed by atoms with van der Waals surface area (Å²) in [6.45, 7) is 0. The molecule has 0 saturated heterocycles. The lowest BCUT2D eigenvalue weighted by Crippen LogP contribution is -2.06. The lowest BCUT2D eigenvalue weighted by atomic mass is 10.0. The lowest BCUT2D eigenvalue weighted by Gasteiger charge is -2.01. The summed E-state index contributed by atoms with van der Waals surface area (Å²) in [5.74, 6) is -2.62. The summed E-state index contributed by atoms with van der Waals surface area (Å²) in [7, 11) is 0. The molecule has 0 aliphatic rings. The molecule has 0 aliphatic heterocycles. The van der Waals surface area contributed by atoms with Gasteiger partial charge in [0.05, 0.1) is 11.1 Å². The number of aromatic carboxylic acids is 2. The van der Waals surface area contributed by atoms with Gasteiger partial charge in [-0.15, -0.1) is 0 Å². The summed E-state index contributed by atoms with van der Waals surface area (Å²) in [5.41, 5.74) is 0.845. The topological polar surface area (TPSA) is 91.7 Å². The first-order valence-corrected chi connectivity index (χ1v) is 6.37. The molecule has 2 aromatic carbocycles. The van der Waals surface area contributed by atoms with E-state index >= 15 is 0 Å². The van der Waals surface area contributed by atoms with Gasteiger partial charge < -0.3 is 10.2 Å². The van der Waals surface area contributed by atoms with E-state index in [2.05, 4.69) is 0 Å². The number of carbonyl (C=O) groups excluding carboxylic acids is 1. The predicted octanol–water partition coefficient (Wildman–Crippen LogP) is 2.98. The second kappa shape index (κ2) is 6.49. The monoisotopic (exact) mass is 296 g/mol. The number of ketones is 1. The van der Waals surface area contributed by atoms with Crippen molar-refractivity contribution in [3.63, 3.8) is 0 Å². The fraction of sp³-hybridized carbons (Fsp3) is 0. The van der Waals surface area contributed by atoms with Crippen LogP contribution in [0.2, 0.25) is 0 Å². The first-order chi connectivity index (χ1) is 10.5. The largest absolute Gasteiger partial charge is 0.478 e. The Labute approximate surface area is 126 Å². The van der Waals surface area contributed by atoms with Crippen LogP contribution in [0.1, 0.15) is 36.6 Å². The van der Waals surface area contributed by atoms with Gasteiger partial charge >= 0.3 is 11.9 Å². The first kappa shape index (κ1) is 15.2. The van der Waals surface area contributed by atoms with Crippen LogP contribution in [0.5, 0.6) is 0 Å². The molecule has 0 unspecified atom stereocenters. The van der Waals surface area contributed by atoms with Gasteiger partial charge in [0.15, 0.2) is 5.78 Å². The quantitative estimate of drug-likeness (QED) is 0.653. The van der Waals surface area contributed by atoms with Crippen LogP contribution in [-0.2, 0) is 0 Å². The van der Waals surface area contributed by atoms with E-state index in [0.717, 1.165) is 0 Å². The normalized spacial score (nSPS) is 10.5. The van der Waals surface area contributed by atoms with E-state index in [-0.39, 0.29) is 16.7 Å². The first-order valence-electron chi connectivity index (χ1n) is 6.37. The van der Waals surface area contributed by atoms with Crippen LogP contribution >= 0.6 is 0 Å². The molecule has 0 aliphatic carbocycles. The van der Waals surface area contributed by atoms with E-state index in [1.54, 1.807) is 24.3 Å². The Balaban J connectivity index is 2.21. The molecule has 0 spiro atoms. The Morgan fingerprint density at radius 3 is 1.91 bits per heavy atom. The highest BCUT2D eigenvalue weighted by atomic mass is 16.4. The van der Waals surface area contributed by atoms with E-state index in [0.29, 0.717) is 5.56 Å². The molecule has 0 atom stereocenters. The summed E-state index contributed by atoms with van der Waals surface area (Å²) in [6.07, 6.45) is 2.77. The zero-order chi connectivity index (χ0) is 16.1.